The summed E-state index contributed by atoms with van der Waals surface area (Å²) in [5, 5.41) is 12.2. The highest BCUT2D eigenvalue weighted by Gasteiger charge is 2.22. The lowest BCUT2D eigenvalue weighted by Crippen LogP contribution is -2.38. The van der Waals surface area contributed by atoms with Crippen LogP contribution in [0.4, 0.5) is 5.69 Å². The molecule has 96 valence electrons. The molecule has 3 nitrogen and oxygen atoms in total. The zero-order valence-corrected chi connectivity index (χ0v) is 11.2. The van der Waals surface area contributed by atoms with Gasteiger partial charge in [0.25, 0.3) is 0 Å². The highest BCUT2D eigenvalue weighted by molar-refractivity contribution is 5.57. The number of fused-ring (bicyclic) bond motifs is 1. The summed E-state index contributed by atoms with van der Waals surface area (Å²) in [5.74, 6) is 0. The second-order valence-corrected chi connectivity index (χ2v) is 5.16. The molecule has 0 fully saturated rings. The Morgan fingerprint density at radius 3 is 2.94 bits per heavy atom. The standard InChI is InChI=1S/C15H21N3/c1-15(12-16,17-2)9-5-10-18-11-8-13-6-3-4-7-14(13)18/h3-4,6-7,17H,5,8-11H2,1-2H3. The molecule has 0 saturated heterocycles. The Kier molecular flexibility index (Phi) is 3.88. The van der Waals surface area contributed by atoms with E-state index >= 15 is 0 Å². The van der Waals surface area contributed by atoms with Gasteiger partial charge >= 0.3 is 0 Å². The van der Waals surface area contributed by atoms with E-state index in [1.165, 1.54) is 11.3 Å². The minimum atomic E-state index is -0.390. The van der Waals surface area contributed by atoms with Crippen LogP contribution in [0.15, 0.2) is 24.3 Å². The van der Waals surface area contributed by atoms with E-state index in [-0.39, 0.29) is 5.54 Å². The summed E-state index contributed by atoms with van der Waals surface area (Å²) >= 11 is 0. The van der Waals surface area contributed by atoms with Crippen LogP contribution in [0, 0.1) is 11.3 Å². The Bertz CT molecular complexity index is 449. The average molecular weight is 243 g/mol. The van der Waals surface area contributed by atoms with Crippen LogP contribution in [0.25, 0.3) is 0 Å². The first-order chi connectivity index (χ1) is 8.68. The zero-order chi connectivity index (χ0) is 13.0. The van der Waals surface area contributed by atoms with Crippen molar-refractivity contribution in [1.82, 2.24) is 5.32 Å². The second kappa shape index (κ2) is 5.41. The fraction of sp³-hybridized carbons (Fsp3) is 0.533. The summed E-state index contributed by atoms with van der Waals surface area (Å²) in [6.45, 7) is 4.11. The largest absolute Gasteiger partial charge is 0.371 e. The van der Waals surface area contributed by atoms with Crippen LogP contribution in [-0.2, 0) is 6.42 Å². The van der Waals surface area contributed by atoms with E-state index in [4.69, 9.17) is 5.26 Å². The molecule has 1 heterocycles. The third-order valence-electron chi connectivity index (χ3n) is 3.89. The minimum Gasteiger partial charge on any atom is -0.371 e. The Balaban J connectivity index is 1.88. The van der Waals surface area contributed by atoms with Gasteiger partial charge in [-0.3, -0.25) is 0 Å². The second-order valence-electron chi connectivity index (χ2n) is 5.16. The Morgan fingerprint density at radius 2 is 2.22 bits per heavy atom. The molecule has 0 radical (unpaired) electrons. The lowest BCUT2D eigenvalue weighted by Gasteiger charge is -2.24. The van der Waals surface area contributed by atoms with Gasteiger partial charge in [-0.15, -0.1) is 0 Å². The maximum Gasteiger partial charge on any atom is 0.103 e. The van der Waals surface area contributed by atoms with E-state index in [2.05, 4.69) is 40.6 Å². The number of rotatable bonds is 5. The van der Waals surface area contributed by atoms with Crippen molar-refractivity contribution in [3.8, 4) is 6.07 Å². The molecule has 1 atom stereocenters. The van der Waals surface area contributed by atoms with Gasteiger partial charge in [-0.05, 0) is 44.9 Å². The normalized spacial score (nSPS) is 17.1. The summed E-state index contributed by atoms with van der Waals surface area (Å²) < 4.78 is 0. The van der Waals surface area contributed by atoms with Crippen molar-refractivity contribution in [1.29, 1.82) is 5.26 Å². The van der Waals surface area contributed by atoms with E-state index < -0.39 is 0 Å². The fourth-order valence-electron chi connectivity index (χ4n) is 2.50. The molecule has 2 rings (SSSR count). The molecule has 1 aromatic carbocycles. The van der Waals surface area contributed by atoms with E-state index in [9.17, 15) is 0 Å². The summed E-state index contributed by atoms with van der Waals surface area (Å²) in [7, 11) is 1.86. The van der Waals surface area contributed by atoms with Gasteiger partial charge in [0.15, 0.2) is 0 Å². The zero-order valence-electron chi connectivity index (χ0n) is 11.2. The molecule has 1 N–H and O–H groups in total. The van der Waals surface area contributed by atoms with E-state index in [0.29, 0.717) is 0 Å². The van der Waals surface area contributed by atoms with Crippen LogP contribution in [0.3, 0.4) is 0 Å². The smallest absolute Gasteiger partial charge is 0.103 e. The van der Waals surface area contributed by atoms with Crippen molar-refractivity contribution in [2.45, 2.75) is 31.7 Å². The van der Waals surface area contributed by atoms with Gasteiger partial charge in [0.1, 0.15) is 5.54 Å². The monoisotopic (exact) mass is 243 g/mol. The van der Waals surface area contributed by atoms with Crippen LogP contribution in [0.5, 0.6) is 0 Å². The number of hydrogen-bond acceptors (Lipinski definition) is 3. The topological polar surface area (TPSA) is 39.1 Å². The van der Waals surface area contributed by atoms with Crippen LogP contribution < -0.4 is 10.2 Å². The predicted molar refractivity (Wildman–Crippen MR) is 74.7 cm³/mol. The summed E-state index contributed by atoms with van der Waals surface area (Å²) in [6.07, 6.45) is 3.08. The van der Waals surface area contributed by atoms with Gasteiger partial charge in [0.05, 0.1) is 6.07 Å². The molecule has 0 aliphatic carbocycles. The third-order valence-corrected chi connectivity index (χ3v) is 3.89. The number of anilines is 1. The van der Waals surface area contributed by atoms with Gasteiger partial charge in [-0.2, -0.15) is 5.26 Å². The molecular weight excluding hydrogens is 222 g/mol. The molecule has 0 aromatic heterocycles. The molecule has 0 spiro atoms. The third kappa shape index (κ3) is 2.65. The molecule has 3 heteroatoms. The van der Waals surface area contributed by atoms with Crippen molar-refractivity contribution in [2.24, 2.45) is 0 Å². The summed E-state index contributed by atoms with van der Waals surface area (Å²) in [6, 6.07) is 11.0. The van der Waals surface area contributed by atoms with Gasteiger partial charge < -0.3 is 10.2 Å². The number of benzene rings is 1. The Labute approximate surface area is 109 Å². The quantitative estimate of drug-likeness (QED) is 0.862. The predicted octanol–water partition coefficient (Wildman–Crippen LogP) is 2.33. The lowest BCUT2D eigenvalue weighted by molar-refractivity contribution is 0.441. The number of nitriles is 1. The Hall–Kier alpha value is -1.53. The van der Waals surface area contributed by atoms with Crippen molar-refractivity contribution in [3.05, 3.63) is 29.8 Å². The van der Waals surface area contributed by atoms with Crippen LogP contribution in [0.2, 0.25) is 0 Å². The van der Waals surface area contributed by atoms with Gasteiger partial charge in [0.2, 0.25) is 0 Å². The fourth-order valence-corrected chi connectivity index (χ4v) is 2.50. The van der Waals surface area contributed by atoms with Crippen LogP contribution in [-0.4, -0.2) is 25.7 Å². The number of nitrogens with one attached hydrogen (secondary N) is 1. The molecule has 0 saturated carbocycles. The van der Waals surface area contributed by atoms with E-state index in [1.54, 1.807) is 0 Å². The molecule has 1 aliphatic heterocycles. The summed E-state index contributed by atoms with van der Waals surface area (Å²) in [4.78, 5) is 2.43. The first-order valence-electron chi connectivity index (χ1n) is 6.61. The van der Waals surface area contributed by atoms with Gasteiger partial charge in [-0.1, -0.05) is 18.2 Å². The maximum absolute atomic E-state index is 9.11. The minimum absolute atomic E-state index is 0.390. The van der Waals surface area contributed by atoms with Crippen molar-refractivity contribution in [2.75, 3.05) is 25.0 Å². The Morgan fingerprint density at radius 1 is 1.44 bits per heavy atom. The molecule has 0 amide bonds. The van der Waals surface area contributed by atoms with Crippen molar-refractivity contribution >= 4 is 5.69 Å². The average Bonchev–Trinajstić information content (AvgIpc) is 2.82. The molecular formula is C15H21N3. The van der Waals surface area contributed by atoms with E-state index in [1.807, 2.05) is 14.0 Å². The molecule has 1 unspecified atom stereocenters. The first-order valence-corrected chi connectivity index (χ1v) is 6.61. The number of nitrogens with zero attached hydrogens (tertiary/aromatic N) is 2. The van der Waals surface area contributed by atoms with Gasteiger partial charge in [-0.25, -0.2) is 0 Å². The number of para-hydroxylation sites is 1. The molecule has 0 bridgehead atoms. The van der Waals surface area contributed by atoms with Crippen molar-refractivity contribution in [3.63, 3.8) is 0 Å². The highest BCUT2D eigenvalue weighted by Crippen LogP contribution is 2.27. The van der Waals surface area contributed by atoms with Crippen LogP contribution >= 0.6 is 0 Å². The van der Waals surface area contributed by atoms with Gasteiger partial charge in [0, 0.05) is 18.8 Å². The first kappa shape index (κ1) is 12.9. The number of hydrogen-bond donors (Lipinski definition) is 1. The molecule has 1 aromatic rings. The highest BCUT2D eigenvalue weighted by atomic mass is 15.1. The van der Waals surface area contributed by atoms with E-state index in [0.717, 1.165) is 32.4 Å². The molecule has 1 aliphatic rings. The SMILES string of the molecule is CNC(C)(C#N)CCCN1CCc2ccccc21. The lowest BCUT2D eigenvalue weighted by atomic mass is 9.98. The molecule has 18 heavy (non-hydrogen) atoms. The van der Waals surface area contributed by atoms with Crippen molar-refractivity contribution < 1.29 is 0 Å². The summed E-state index contributed by atoms with van der Waals surface area (Å²) in [5.41, 5.74) is 2.44. The maximum atomic E-state index is 9.11. The van der Waals surface area contributed by atoms with Crippen LogP contribution in [0.1, 0.15) is 25.3 Å².